The normalized spacial score (nSPS) is 18.3. The number of oxime groups is 1. The van der Waals surface area contributed by atoms with E-state index in [0.29, 0.717) is 60.3 Å². The minimum atomic E-state index is -2.24. The van der Waals surface area contributed by atoms with Crippen molar-refractivity contribution >= 4 is 57.4 Å². The average Bonchev–Trinajstić information content (AvgIpc) is 3.92. The van der Waals surface area contributed by atoms with Crippen LogP contribution in [0.5, 0.6) is 5.75 Å². The Morgan fingerprint density at radius 2 is 1.47 bits per heavy atom. The summed E-state index contributed by atoms with van der Waals surface area (Å²) >= 11 is 0. The van der Waals surface area contributed by atoms with Crippen molar-refractivity contribution in [2.45, 2.75) is 96.6 Å². The molecule has 25 nitrogen and oxygen atoms in total. The Kier molecular flexibility index (Phi) is 12.4. The predicted molar refractivity (Wildman–Crippen MR) is 259 cm³/mol. The summed E-state index contributed by atoms with van der Waals surface area (Å²) < 4.78 is 18.9. The molecule has 0 N–H and O–H groups in total. The first-order chi connectivity index (χ1) is 35.4. The number of nitrogens with zero attached hydrogens (tertiary/aromatic N) is 9. The number of benzene rings is 3. The van der Waals surface area contributed by atoms with E-state index < -0.39 is 112 Å². The topological polar surface area (TPSA) is 314 Å². The molecule has 74 heavy (non-hydrogen) atoms. The van der Waals surface area contributed by atoms with Gasteiger partial charge in [0.2, 0.25) is 11.7 Å². The standard InChI is InChI=1S/C49H45N9O16/c1-4-30-31-21-29(72-48(62)53-15-11-26(12-16-53)52-13-7-6-8-14-52)9-10-37(31)50-44-34(30)23-54-40(44)22-36-35(45(54)59)24-71-47(61)49(36,5-2)73-46(60)25(3)74-51-43-32-17-27(55(63)64)19-38(57(67)68)41(32)42-33(43)18-28(56(65)66)20-39(42)58(69)70/h9-10,17-22,25-26H,4-8,11-16,23-24H2,1-3H3/t25-,49-/m0/s1. The number of carbonyl (C=O) groups excluding carboxylic acids is 3. The zero-order chi connectivity index (χ0) is 52.5. The molecule has 10 rings (SSSR count). The molecule has 4 aliphatic heterocycles. The number of hydrogen-bond donors (Lipinski definition) is 0. The van der Waals surface area contributed by atoms with E-state index in [1.807, 2.05) is 6.92 Å². The molecule has 3 aromatic carbocycles. The highest BCUT2D eigenvalue weighted by Crippen LogP contribution is 2.50. The fourth-order valence-electron chi connectivity index (χ4n) is 10.9. The molecule has 6 heterocycles. The van der Waals surface area contributed by atoms with Gasteiger partial charge in [-0.1, -0.05) is 25.4 Å². The van der Waals surface area contributed by atoms with Crippen LogP contribution in [-0.4, -0.2) is 101 Å². The molecule has 0 spiro atoms. The highest BCUT2D eigenvalue weighted by atomic mass is 16.7. The van der Waals surface area contributed by atoms with Crippen LogP contribution in [0.1, 0.15) is 92.7 Å². The fourth-order valence-corrected chi connectivity index (χ4v) is 10.9. The van der Waals surface area contributed by atoms with E-state index in [0.717, 1.165) is 61.5 Å². The molecule has 25 heteroatoms. The number of rotatable bonds is 12. The van der Waals surface area contributed by atoms with Crippen molar-refractivity contribution in [3.63, 3.8) is 0 Å². The summed E-state index contributed by atoms with van der Waals surface area (Å²) in [6.45, 7) is 7.62. The van der Waals surface area contributed by atoms with Crippen LogP contribution < -0.4 is 10.3 Å². The zero-order valence-corrected chi connectivity index (χ0v) is 40.0. The number of hydrogen-bond acceptors (Lipinski definition) is 19. The lowest BCUT2D eigenvalue weighted by atomic mass is 9.85. The van der Waals surface area contributed by atoms with Crippen LogP contribution in [0.3, 0.4) is 0 Å². The van der Waals surface area contributed by atoms with Crippen molar-refractivity contribution in [3.05, 3.63) is 133 Å². The van der Waals surface area contributed by atoms with Gasteiger partial charge in [-0.05, 0) is 88.4 Å². The fraction of sp³-hybridized carbons (Fsp3) is 0.388. The second kappa shape index (κ2) is 18.7. The van der Waals surface area contributed by atoms with Crippen LogP contribution in [0, 0.1) is 40.5 Å². The van der Waals surface area contributed by atoms with Gasteiger partial charge in [-0.15, -0.1) is 0 Å². The number of ether oxygens (including phenoxy) is 3. The first kappa shape index (κ1) is 48.9. The first-order valence-corrected chi connectivity index (χ1v) is 24.0. The van der Waals surface area contributed by atoms with E-state index in [2.05, 4.69) is 10.1 Å². The second-order valence-corrected chi connectivity index (χ2v) is 18.6. The largest absolute Gasteiger partial charge is 0.457 e. The van der Waals surface area contributed by atoms with E-state index in [1.54, 1.807) is 29.2 Å². The number of piperidine rings is 2. The molecule has 1 aliphatic carbocycles. The number of esters is 2. The third-order valence-corrected chi connectivity index (χ3v) is 14.6. The van der Waals surface area contributed by atoms with Crippen molar-refractivity contribution in [1.29, 1.82) is 0 Å². The van der Waals surface area contributed by atoms with Crippen LogP contribution in [0.15, 0.2) is 58.5 Å². The molecule has 0 saturated carbocycles. The number of cyclic esters (lactones) is 1. The van der Waals surface area contributed by atoms with Gasteiger partial charge in [0, 0.05) is 58.9 Å². The van der Waals surface area contributed by atoms with Crippen LogP contribution in [0.2, 0.25) is 0 Å². The van der Waals surface area contributed by atoms with Crippen molar-refractivity contribution in [2.24, 2.45) is 5.16 Å². The molecule has 2 fully saturated rings. The summed E-state index contributed by atoms with van der Waals surface area (Å²) in [6, 6.07) is 9.94. The molecule has 5 aromatic rings. The lowest BCUT2D eigenvalue weighted by Gasteiger charge is -2.39. The maximum absolute atomic E-state index is 14.5. The molecule has 2 saturated heterocycles. The smallest absolute Gasteiger partial charge is 0.415 e. The lowest BCUT2D eigenvalue weighted by molar-refractivity contribution is -0.395. The first-order valence-electron chi connectivity index (χ1n) is 24.0. The molecule has 2 atom stereocenters. The molecule has 382 valence electrons. The molecule has 1 amide bonds. The van der Waals surface area contributed by atoms with Gasteiger partial charge in [0.25, 0.3) is 28.3 Å². The average molecular weight is 1020 g/mol. The lowest BCUT2D eigenvalue weighted by Crippen LogP contribution is -2.48. The highest BCUT2D eigenvalue weighted by Gasteiger charge is 2.51. The van der Waals surface area contributed by atoms with Crippen LogP contribution in [0.4, 0.5) is 27.5 Å². The number of aryl methyl sites for hydroxylation is 1. The Morgan fingerprint density at radius 1 is 0.838 bits per heavy atom. The zero-order valence-electron chi connectivity index (χ0n) is 40.0. The molecule has 0 bridgehead atoms. The van der Waals surface area contributed by atoms with Crippen LogP contribution in [0.25, 0.3) is 33.4 Å². The summed E-state index contributed by atoms with van der Waals surface area (Å²) in [4.78, 5) is 115. The number of amides is 1. The third-order valence-electron chi connectivity index (χ3n) is 14.6. The van der Waals surface area contributed by atoms with E-state index in [-0.39, 0.29) is 24.1 Å². The summed E-state index contributed by atoms with van der Waals surface area (Å²) in [6.07, 6.45) is 3.45. The van der Waals surface area contributed by atoms with Crippen LogP contribution in [-0.2, 0) is 49.1 Å². The minimum absolute atomic E-state index is 0.0203. The monoisotopic (exact) mass is 1020 g/mol. The molecular weight excluding hydrogens is 971 g/mol. The predicted octanol–water partition coefficient (Wildman–Crippen LogP) is 7.11. The van der Waals surface area contributed by atoms with Gasteiger partial charge in [-0.25, -0.2) is 19.4 Å². The van der Waals surface area contributed by atoms with Gasteiger partial charge in [0.1, 0.15) is 18.1 Å². The molecule has 0 unspecified atom stereocenters. The molecular formula is C49H45N9O16. The SMILES string of the molecule is CCc1c2c(nc3ccc(OC(=O)N4CCC(N5CCCCC5)CC4)cc13)-c1cc3c(c(=O)n1C2)COC(=O)[C@@]3(CC)OC(=O)[C@H](C)ON=C1c2cc([N+](=O)[O-])cc([N+](=O)[O-])c2-c2c1cc([N+](=O)[O-])cc2[N+](=O)[O-]. The number of non-ortho nitro benzene ring substituents is 2. The van der Waals surface area contributed by atoms with Crippen molar-refractivity contribution in [1.82, 2.24) is 19.4 Å². The highest BCUT2D eigenvalue weighted by molar-refractivity contribution is 6.27. The Morgan fingerprint density at radius 3 is 2.05 bits per heavy atom. The van der Waals surface area contributed by atoms with Crippen molar-refractivity contribution < 1.29 is 53.1 Å². The Labute approximate surface area is 417 Å². The molecule has 2 aromatic heterocycles. The summed E-state index contributed by atoms with van der Waals surface area (Å²) in [5.41, 5.74) is -5.93. The van der Waals surface area contributed by atoms with Gasteiger partial charge in [-0.2, -0.15) is 0 Å². The molecule has 0 radical (unpaired) electrons. The molecule has 5 aliphatic rings. The minimum Gasteiger partial charge on any atom is -0.457 e. The van der Waals surface area contributed by atoms with Gasteiger partial charge < -0.3 is 33.4 Å². The summed E-state index contributed by atoms with van der Waals surface area (Å²) in [5.74, 6) is -1.94. The maximum Gasteiger partial charge on any atom is 0.415 e. The Hall–Kier alpha value is -8.74. The van der Waals surface area contributed by atoms with E-state index in [1.165, 1.54) is 30.8 Å². The maximum atomic E-state index is 14.5. The number of likely N-dealkylation sites (tertiary alicyclic amines) is 2. The van der Waals surface area contributed by atoms with Gasteiger partial charge in [-0.3, -0.25) is 45.3 Å². The van der Waals surface area contributed by atoms with Gasteiger partial charge in [0.05, 0.1) is 72.0 Å². The van der Waals surface area contributed by atoms with E-state index in [4.69, 9.17) is 24.0 Å². The summed E-state index contributed by atoms with van der Waals surface area (Å²) in [5, 5.41) is 53.0. The number of pyridine rings is 2. The number of aromatic nitrogens is 2. The Bertz CT molecular complexity index is 3330. The van der Waals surface area contributed by atoms with Gasteiger partial charge >= 0.3 is 18.0 Å². The number of nitro benzene ring substituents is 4. The van der Waals surface area contributed by atoms with Crippen molar-refractivity contribution in [2.75, 3.05) is 26.2 Å². The quantitative estimate of drug-likeness (QED) is 0.0668. The number of fused-ring (bicyclic) bond motifs is 8. The second-order valence-electron chi connectivity index (χ2n) is 18.6. The Balaban J connectivity index is 0.947. The number of carbonyl (C=O) groups is 3. The van der Waals surface area contributed by atoms with E-state index in [9.17, 15) is 59.6 Å². The van der Waals surface area contributed by atoms with Gasteiger partial charge in [0.15, 0.2) is 0 Å². The third kappa shape index (κ3) is 8.08. The summed E-state index contributed by atoms with van der Waals surface area (Å²) in [7, 11) is 0. The van der Waals surface area contributed by atoms with E-state index >= 15 is 0 Å². The van der Waals surface area contributed by atoms with Crippen LogP contribution >= 0.6 is 0 Å². The van der Waals surface area contributed by atoms with Crippen molar-refractivity contribution in [3.8, 4) is 28.3 Å². The number of nitro groups is 4.